The van der Waals surface area contributed by atoms with Gasteiger partial charge in [0.15, 0.2) is 0 Å². The predicted molar refractivity (Wildman–Crippen MR) is 126 cm³/mol. The van der Waals surface area contributed by atoms with Crippen molar-refractivity contribution >= 4 is 28.2 Å². The lowest BCUT2D eigenvalue weighted by Gasteiger charge is -2.19. The van der Waals surface area contributed by atoms with Crippen LogP contribution >= 0.6 is 0 Å². The van der Waals surface area contributed by atoms with E-state index in [1.54, 1.807) is 13.3 Å². The van der Waals surface area contributed by atoms with E-state index >= 15 is 0 Å². The van der Waals surface area contributed by atoms with Gasteiger partial charge >= 0.3 is 0 Å². The van der Waals surface area contributed by atoms with Gasteiger partial charge in [0.2, 0.25) is 0 Å². The molecule has 0 amide bonds. The lowest BCUT2D eigenvalue weighted by molar-refractivity contribution is 0.415. The minimum atomic E-state index is -0.224. The molecule has 31 heavy (non-hydrogen) atoms. The van der Waals surface area contributed by atoms with Gasteiger partial charge in [-0.3, -0.25) is 4.79 Å². The third-order valence-electron chi connectivity index (χ3n) is 5.52. The molecule has 160 valence electrons. The number of methoxy groups -OCH3 is 1. The SMILES string of the molecule is COc1ccc2[nH]c3c(=O)n(/N=C\[C@@H](C)Cc4ccc(C(C)(C)C)cc4)cnc3c2c1. The molecule has 1 atom stereocenters. The van der Waals surface area contributed by atoms with Crippen LogP contribution in [0, 0.1) is 5.92 Å². The maximum Gasteiger partial charge on any atom is 0.298 e. The van der Waals surface area contributed by atoms with Crippen molar-refractivity contribution in [2.75, 3.05) is 7.11 Å². The van der Waals surface area contributed by atoms with Crippen LogP contribution in [-0.2, 0) is 11.8 Å². The lowest BCUT2D eigenvalue weighted by atomic mass is 9.86. The summed E-state index contributed by atoms with van der Waals surface area (Å²) in [6.45, 7) is 8.73. The van der Waals surface area contributed by atoms with Crippen LogP contribution in [0.25, 0.3) is 21.9 Å². The average Bonchev–Trinajstić information content (AvgIpc) is 3.11. The van der Waals surface area contributed by atoms with Gasteiger partial charge in [0, 0.05) is 17.1 Å². The highest BCUT2D eigenvalue weighted by Crippen LogP contribution is 2.26. The first-order valence-electron chi connectivity index (χ1n) is 10.5. The number of ether oxygens (including phenoxy) is 1. The third-order valence-corrected chi connectivity index (χ3v) is 5.52. The summed E-state index contributed by atoms with van der Waals surface area (Å²) in [6, 6.07) is 14.3. The van der Waals surface area contributed by atoms with E-state index in [1.807, 2.05) is 18.2 Å². The second-order valence-electron chi connectivity index (χ2n) is 9.05. The molecule has 0 fully saturated rings. The van der Waals surface area contributed by atoms with Gasteiger partial charge in [-0.1, -0.05) is 52.0 Å². The lowest BCUT2D eigenvalue weighted by Crippen LogP contribution is -2.18. The normalized spacial score (nSPS) is 13.3. The Bertz CT molecular complexity index is 1310. The Labute approximate surface area is 181 Å². The second-order valence-corrected chi connectivity index (χ2v) is 9.05. The van der Waals surface area contributed by atoms with Crippen molar-refractivity contribution in [2.24, 2.45) is 11.0 Å². The van der Waals surface area contributed by atoms with E-state index < -0.39 is 0 Å². The van der Waals surface area contributed by atoms with Crippen molar-refractivity contribution in [1.29, 1.82) is 0 Å². The molecule has 4 aromatic rings. The quantitative estimate of drug-likeness (QED) is 0.471. The Hall–Kier alpha value is -3.41. The predicted octanol–water partition coefficient (Wildman–Crippen LogP) is 4.90. The van der Waals surface area contributed by atoms with E-state index in [0.717, 1.165) is 23.1 Å². The molecule has 0 unspecified atom stereocenters. The number of nitrogens with one attached hydrogen (secondary N) is 1. The molecule has 0 aliphatic heterocycles. The Balaban J connectivity index is 1.55. The van der Waals surface area contributed by atoms with Crippen LogP contribution < -0.4 is 10.3 Å². The Morgan fingerprint density at radius 2 is 1.94 bits per heavy atom. The molecule has 0 radical (unpaired) electrons. The first-order valence-corrected chi connectivity index (χ1v) is 10.5. The van der Waals surface area contributed by atoms with Crippen molar-refractivity contribution in [3.8, 4) is 5.75 Å². The number of nitrogens with zero attached hydrogens (tertiary/aromatic N) is 3. The van der Waals surface area contributed by atoms with E-state index in [2.05, 4.69) is 67.0 Å². The Morgan fingerprint density at radius 3 is 2.61 bits per heavy atom. The van der Waals surface area contributed by atoms with Crippen LogP contribution in [0.4, 0.5) is 0 Å². The zero-order chi connectivity index (χ0) is 22.2. The molecule has 0 aliphatic carbocycles. The van der Waals surface area contributed by atoms with Crippen molar-refractivity contribution in [1.82, 2.24) is 14.6 Å². The maximum atomic E-state index is 12.9. The van der Waals surface area contributed by atoms with Gasteiger partial charge in [-0.05, 0) is 47.1 Å². The van der Waals surface area contributed by atoms with Crippen molar-refractivity contribution in [2.45, 2.75) is 39.5 Å². The number of hydrogen-bond donors (Lipinski definition) is 1. The van der Waals surface area contributed by atoms with Crippen LogP contribution in [0.15, 0.2) is 58.7 Å². The number of aromatic nitrogens is 3. The number of benzene rings is 2. The minimum absolute atomic E-state index is 0.145. The van der Waals surface area contributed by atoms with Crippen LogP contribution in [-0.4, -0.2) is 28.0 Å². The standard InChI is InChI=1S/C25H28N4O2/c1-16(12-17-6-8-18(9-7-17)25(2,3)4)14-27-29-15-26-22-20-13-19(31-5)10-11-21(20)28-23(22)24(29)30/h6-11,13-16,28H,12H2,1-5H3/b27-14-/t16-/m0/s1. The molecule has 2 aromatic heterocycles. The highest BCUT2D eigenvalue weighted by atomic mass is 16.5. The summed E-state index contributed by atoms with van der Waals surface area (Å²) in [5, 5.41) is 5.24. The Kier molecular flexibility index (Phi) is 5.39. The fraction of sp³-hybridized carbons (Fsp3) is 0.320. The molecular formula is C25H28N4O2. The molecule has 2 heterocycles. The van der Waals surface area contributed by atoms with Crippen LogP contribution in [0.1, 0.15) is 38.8 Å². The number of rotatable bonds is 5. The van der Waals surface area contributed by atoms with Gasteiger partial charge in [0.25, 0.3) is 5.56 Å². The first kappa shape index (κ1) is 20.8. The summed E-state index contributed by atoms with van der Waals surface area (Å²) >= 11 is 0. The van der Waals surface area contributed by atoms with Gasteiger partial charge < -0.3 is 9.72 Å². The minimum Gasteiger partial charge on any atom is -0.497 e. The molecule has 0 saturated heterocycles. The molecule has 1 N–H and O–H groups in total. The van der Waals surface area contributed by atoms with Gasteiger partial charge in [0.1, 0.15) is 23.1 Å². The van der Waals surface area contributed by atoms with Gasteiger partial charge in [-0.25, -0.2) is 4.98 Å². The molecule has 0 saturated carbocycles. The Morgan fingerprint density at radius 1 is 1.19 bits per heavy atom. The van der Waals surface area contributed by atoms with Crippen molar-refractivity contribution in [3.05, 3.63) is 70.3 Å². The van der Waals surface area contributed by atoms with E-state index in [1.165, 1.54) is 22.1 Å². The van der Waals surface area contributed by atoms with E-state index in [9.17, 15) is 4.79 Å². The zero-order valence-electron chi connectivity index (χ0n) is 18.6. The average molecular weight is 417 g/mol. The smallest absolute Gasteiger partial charge is 0.298 e. The monoisotopic (exact) mass is 416 g/mol. The molecule has 4 rings (SSSR count). The second kappa shape index (κ2) is 8.02. The van der Waals surface area contributed by atoms with E-state index in [0.29, 0.717) is 11.0 Å². The first-order chi connectivity index (χ1) is 14.8. The van der Waals surface area contributed by atoms with Gasteiger partial charge in [-0.15, -0.1) is 0 Å². The fourth-order valence-electron chi connectivity index (χ4n) is 3.69. The summed E-state index contributed by atoms with van der Waals surface area (Å²) < 4.78 is 6.57. The summed E-state index contributed by atoms with van der Waals surface area (Å²) in [6.07, 6.45) is 4.13. The number of aromatic amines is 1. The molecular weight excluding hydrogens is 388 g/mol. The molecule has 0 aliphatic rings. The topological polar surface area (TPSA) is 72.3 Å². The fourth-order valence-corrected chi connectivity index (χ4v) is 3.69. The largest absolute Gasteiger partial charge is 0.497 e. The van der Waals surface area contributed by atoms with E-state index in [-0.39, 0.29) is 16.9 Å². The highest BCUT2D eigenvalue weighted by molar-refractivity contribution is 6.04. The molecule has 2 aromatic carbocycles. The number of fused-ring (bicyclic) bond motifs is 3. The van der Waals surface area contributed by atoms with Crippen LogP contribution in [0.3, 0.4) is 0 Å². The zero-order valence-corrected chi connectivity index (χ0v) is 18.6. The molecule has 6 nitrogen and oxygen atoms in total. The summed E-state index contributed by atoms with van der Waals surface area (Å²) in [4.78, 5) is 20.5. The highest BCUT2D eigenvalue weighted by Gasteiger charge is 2.14. The van der Waals surface area contributed by atoms with Gasteiger partial charge in [0.05, 0.1) is 7.11 Å². The molecule has 6 heteroatoms. The summed E-state index contributed by atoms with van der Waals surface area (Å²) in [5.41, 5.74) is 4.39. The van der Waals surface area contributed by atoms with Crippen LogP contribution in [0.2, 0.25) is 0 Å². The summed E-state index contributed by atoms with van der Waals surface area (Å²) in [7, 11) is 1.62. The molecule has 0 bridgehead atoms. The van der Waals surface area contributed by atoms with Crippen molar-refractivity contribution in [3.63, 3.8) is 0 Å². The van der Waals surface area contributed by atoms with E-state index in [4.69, 9.17) is 4.74 Å². The third kappa shape index (κ3) is 4.24. The number of hydrogen-bond acceptors (Lipinski definition) is 4. The maximum absolute atomic E-state index is 12.9. The van der Waals surface area contributed by atoms with Crippen molar-refractivity contribution < 1.29 is 4.74 Å². The van der Waals surface area contributed by atoms with Gasteiger partial charge in [-0.2, -0.15) is 9.78 Å². The summed E-state index contributed by atoms with van der Waals surface area (Å²) in [5.74, 6) is 0.900. The van der Waals surface area contributed by atoms with Crippen LogP contribution in [0.5, 0.6) is 5.75 Å². The molecule has 0 spiro atoms. The number of H-pyrrole nitrogens is 1.